The molecule has 0 heterocycles. The number of rotatable bonds is 12. The monoisotopic (exact) mass is 633 g/mol. The second kappa shape index (κ2) is 16.6. The van der Waals surface area contributed by atoms with E-state index < -0.39 is 53.2 Å². The second-order valence-corrected chi connectivity index (χ2v) is 13.3. The maximum atomic E-state index is 14.2. The molecule has 2 aromatic carbocycles. The summed E-state index contributed by atoms with van der Waals surface area (Å²) in [6, 6.07) is 14.3. The van der Waals surface area contributed by atoms with Gasteiger partial charge < -0.3 is 20.1 Å². The highest BCUT2D eigenvalue weighted by Gasteiger charge is 2.38. The molecule has 0 aliphatic rings. The van der Waals surface area contributed by atoms with E-state index >= 15 is 0 Å². The summed E-state index contributed by atoms with van der Waals surface area (Å²) in [5, 5.41) is 5.39. The van der Waals surface area contributed by atoms with Crippen LogP contribution in [0.1, 0.15) is 70.7 Å². The molecule has 240 valence electrons. The van der Waals surface area contributed by atoms with Gasteiger partial charge in [0.15, 0.2) is 0 Å². The number of nitrogens with zero attached hydrogens (tertiary/aromatic N) is 1. The Bertz CT molecular complexity index is 1400. The number of carbonyl (C=O) groups excluding carboxylic acids is 4. The van der Waals surface area contributed by atoms with E-state index in [9.17, 15) is 19.2 Å². The normalized spacial score (nSPS) is 13.2. The largest absolute Gasteiger partial charge is 0.458 e. The lowest BCUT2D eigenvalue weighted by atomic mass is 10.00. The van der Waals surface area contributed by atoms with Gasteiger partial charge in [0.2, 0.25) is 5.91 Å². The van der Waals surface area contributed by atoms with Gasteiger partial charge in [-0.2, -0.15) is 11.8 Å². The molecule has 45 heavy (non-hydrogen) atoms. The first-order chi connectivity index (χ1) is 21.1. The number of nitrogens with one attached hydrogen (secondary N) is 2. The van der Waals surface area contributed by atoms with Crippen molar-refractivity contribution in [3.05, 3.63) is 71.3 Å². The number of ether oxygens (including phenoxy) is 2. The number of carbonyl (C=O) groups is 4. The summed E-state index contributed by atoms with van der Waals surface area (Å²) in [5.74, 6) is 0.962. The van der Waals surface area contributed by atoms with Crippen LogP contribution in [-0.2, 0) is 30.3 Å². The number of hydrogen-bond acceptors (Lipinski definition) is 7. The van der Waals surface area contributed by atoms with Gasteiger partial charge in [0.1, 0.15) is 29.3 Å². The number of alkyl carbamates (subject to hydrolysis) is 1. The molecular weight excluding hydrogens is 590 g/mol. The maximum Gasteiger partial charge on any atom is 0.408 e. The van der Waals surface area contributed by atoms with Crippen molar-refractivity contribution in [1.82, 2.24) is 15.5 Å². The lowest BCUT2D eigenvalue weighted by Gasteiger charge is -2.32. The lowest BCUT2D eigenvalue weighted by Crippen LogP contribution is -2.53. The third-order valence-corrected chi connectivity index (χ3v) is 6.81. The molecule has 2 aromatic rings. The Labute approximate surface area is 271 Å². The number of terminal acetylenes is 2. The summed E-state index contributed by atoms with van der Waals surface area (Å²) in [6.45, 7) is 10.3. The van der Waals surface area contributed by atoms with Crippen LogP contribution >= 0.6 is 11.8 Å². The van der Waals surface area contributed by atoms with Crippen LogP contribution in [0.15, 0.2) is 54.6 Å². The Morgan fingerprint density at radius 2 is 1.47 bits per heavy atom. The van der Waals surface area contributed by atoms with E-state index in [-0.39, 0.29) is 12.8 Å². The molecule has 10 heteroatoms. The van der Waals surface area contributed by atoms with Gasteiger partial charge in [-0.25, -0.2) is 9.59 Å². The average Bonchev–Trinajstić information content (AvgIpc) is 2.96. The van der Waals surface area contributed by atoms with Crippen LogP contribution in [0.5, 0.6) is 0 Å². The van der Waals surface area contributed by atoms with Gasteiger partial charge in [-0.3, -0.25) is 14.5 Å². The Hall–Kier alpha value is -4.41. The van der Waals surface area contributed by atoms with Crippen molar-refractivity contribution < 1.29 is 28.7 Å². The third-order valence-electron chi connectivity index (χ3n) is 6.17. The van der Waals surface area contributed by atoms with E-state index in [0.29, 0.717) is 16.9 Å². The second-order valence-electron chi connectivity index (χ2n) is 12.3. The minimum atomic E-state index is -1.38. The molecule has 0 saturated carbocycles. The minimum absolute atomic E-state index is 0.130. The van der Waals surface area contributed by atoms with Crippen LogP contribution in [0.3, 0.4) is 0 Å². The minimum Gasteiger partial charge on any atom is -0.458 e. The summed E-state index contributed by atoms with van der Waals surface area (Å²) >= 11 is 1.47. The quantitative estimate of drug-likeness (QED) is 0.195. The first-order valence-corrected chi connectivity index (χ1v) is 15.9. The Kier molecular flexibility index (Phi) is 13.6. The Balaban J connectivity index is 2.55. The van der Waals surface area contributed by atoms with Crippen molar-refractivity contribution >= 4 is 35.6 Å². The molecule has 2 N–H and O–H groups in total. The van der Waals surface area contributed by atoms with Crippen LogP contribution in [0.4, 0.5) is 4.79 Å². The fourth-order valence-electron chi connectivity index (χ4n) is 4.22. The van der Waals surface area contributed by atoms with E-state index in [2.05, 4.69) is 22.6 Å². The van der Waals surface area contributed by atoms with Crippen molar-refractivity contribution in [3.8, 4) is 24.8 Å². The van der Waals surface area contributed by atoms with Crippen LogP contribution in [0.25, 0.3) is 0 Å². The van der Waals surface area contributed by atoms with Crippen LogP contribution in [-0.4, -0.2) is 64.1 Å². The zero-order valence-corrected chi connectivity index (χ0v) is 27.8. The number of esters is 1. The topological polar surface area (TPSA) is 114 Å². The fourth-order valence-corrected chi connectivity index (χ4v) is 4.69. The van der Waals surface area contributed by atoms with E-state index in [0.717, 1.165) is 10.5 Å². The SMILES string of the molecule is C#Cc1ccc(C(C(=O)NC(Cc2ccccc2)C(=O)OC(C)(C)C)N(C#C)C(=O)C(CCSC)NC(=O)OC(C)(C)C)cc1. The summed E-state index contributed by atoms with van der Waals surface area (Å²) in [7, 11) is 0. The van der Waals surface area contributed by atoms with E-state index in [1.54, 1.807) is 65.8 Å². The van der Waals surface area contributed by atoms with Gasteiger partial charge in [-0.05, 0) is 83.2 Å². The van der Waals surface area contributed by atoms with Crippen molar-refractivity contribution in [1.29, 1.82) is 0 Å². The van der Waals surface area contributed by atoms with Crippen LogP contribution < -0.4 is 10.6 Å². The summed E-state index contributed by atoms with van der Waals surface area (Å²) in [6.07, 6.45) is 12.9. The van der Waals surface area contributed by atoms with Gasteiger partial charge in [-0.15, -0.1) is 6.42 Å². The van der Waals surface area contributed by atoms with Gasteiger partial charge >= 0.3 is 12.1 Å². The molecule has 3 atom stereocenters. The highest BCUT2D eigenvalue weighted by atomic mass is 32.2. The standard InChI is InChI=1S/C35H43N3O6S/c1-10-24-17-19-26(20-18-24)29(38(11-2)31(40)27(21-22-45-9)37-33(42)44-35(6,7)8)30(39)36-28(32(41)43-34(3,4)5)23-25-15-13-12-14-16-25/h1-2,12-20,27-29H,21-23H2,3-9H3,(H,36,39)(H,37,42). The molecule has 3 unspecified atom stereocenters. The zero-order valence-electron chi connectivity index (χ0n) is 27.0. The number of amides is 3. The molecule has 0 radical (unpaired) electrons. The predicted molar refractivity (Wildman–Crippen MR) is 177 cm³/mol. The zero-order chi connectivity index (χ0) is 33.8. The van der Waals surface area contributed by atoms with E-state index in [1.807, 2.05) is 36.6 Å². The highest BCUT2D eigenvalue weighted by Crippen LogP contribution is 2.24. The smallest absolute Gasteiger partial charge is 0.408 e. The van der Waals surface area contributed by atoms with Crippen LogP contribution in [0.2, 0.25) is 0 Å². The molecule has 0 spiro atoms. The summed E-state index contributed by atoms with van der Waals surface area (Å²) in [4.78, 5) is 55.1. The average molecular weight is 634 g/mol. The van der Waals surface area contributed by atoms with Crippen molar-refractivity contribution in [2.24, 2.45) is 0 Å². The van der Waals surface area contributed by atoms with Crippen molar-refractivity contribution in [3.63, 3.8) is 0 Å². The third kappa shape index (κ3) is 12.2. The van der Waals surface area contributed by atoms with Gasteiger partial charge in [-0.1, -0.05) is 54.8 Å². The number of hydrogen-bond donors (Lipinski definition) is 2. The molecule has 0 fully saturated rings. The Morgan fingerprint density at radius 1 is 0.867 bits per heavy atom. The van der Waals surface area contributed by atoms with Crippen molar-refractivity contribution in [2.75, 3.05) is 12.0 Å². The molecular formula is C35H43N3O6S. The van der Waals surface area contributed by atoms with Gasteiger partial charge in [0.25, 0.3) is 5.91 Å². The molecule has 0 aliphatic carbocycles. The van der Waals surface area contributed by atoms with E-state index in [4.69, 9.17) is 22.3 Å². The first kappa shape index (κ1) is 36.8. The van der Waals surface area contributed by atoms with Gasteiger partial charge in [0, 0.05) is 18.0 Å². The number of benzene rings is 2. The fraction of sp³-hybridized carbons (Fsp3) is 0.429. The van der Waals surface area contributed by atoms with Gasteiger partial charge in [0.05, 0.1) is 0 Å². The van der Waals surface area contributed by atoms with Crippen molar-refractivity contribution in [2.45, 2.75) is 83.7 Å². The molecule has 2 rings (SSSR count). The Morgan fingerprint density at radius 3 is 1.98 bits per heavy atom. The molecule has 0 saturated heterocycles. The highest BCUT2D eigenvalue weighted by molar-refractivity contribution is 7.98. The molecule has 0 aromatic heterocycles. The molecule has 0 aliphatic heterocycles. The summed E-state index contributed by atoms with van der Waals surface area (Å²) in [5.41, 5.74) is 0.0598. The summed E-state index contributed by atoms with van der Waals surface area (Å²) < 4.78 is 11.0. The molecule has 9 nitrogen and oxygen atoms in total. The molecule has 0 bridgehead atoms. The predicted octanol–water partition coefficient (Wildman–Crippen LogP) is 4.84. The van der Waals surface area contributed by atoms with E-state index in [1.165, 1.54) is 11.8 Å². The molecule has 3 amide bonds. The number of thioether (sulfide) groups is 1. The maximum absolute atomic E-state index is 14.2. The first-order valence-electron chi connectivity index (χ1n) is 14.5. The van der Waals surface area contributed by atoms with Crippen LogP contribution in [0, 0.1) is 24.8 Å². The lowest BCUT2D eigenvalue weighted by molar-refractivity contribution is -0.159.